The Bertz CT molecular complexity index is 858. The molecule has 2 N–H and O–H groups in total. The van der Waals surface area contributed by atoms with E-state index in [9.17, 15) is 19.2 Å². The second-order valence-electron chi connectivity index (χ2n) is 5.39. The molecule has 0 aliphatic carbocycles. The number of carbonyl (C=O) groups excluding carboxylic acids is 3. The second-order valence-corrected chi connectivity index (χ2v) is 5.39. The maximum atomic E-state index is 12.0. The zero-order valence-electron chi connectivity index (χ0n) is 13.8. The Kier molecular flexibility index (Phi) is 5.89. The van der Waals surface area contributed by atoms with E-state index in [4.69, 9.17) is 9.15 Å². The normalized spacial score (nSPS) is 11.6. The second kappa shape index (κ2) is 8.09. The number of ether oxygens (including phenoxy) is 1. The monoisotopic (exact) mass is 346 g/mol. The Hall–Kier alpha value is -3.16. The average Bonchev–Trinajstić information content (AvgIpc) is 2.58. The summed E-state index contributed by atoms with van der Waals surface area (Å²) < 4.78 is 9.78. The molecule has 1 aromatic carbocycles. The fourth-order valence-corrected chi connectivity index (χ4v) is 1.94. The van der Waals surface area contributed by atoms with Crippen LogP contribution in [0, 0.1) is 0 Å². The molecule has 1 aromatic heterocycles. The third-order valence-electron chi connectivity index (χ3n) is 3.44. The number of esters is 1. The van der Waals surface area contributed by atoms with Crippen molar-refractivity contribution >= 4 is 28.9 Å². The topological polar surface area (TPSA) is 115 Å². The van der Waals surface area contributed by atoms with Crippen LogP contribution in [0.5, 0.6) is 0 Å². The van der Waals surface area contributed by atoms with Crippen molar-refractivity contribution in [2.75, 3.05) is 6.61 Å². The molecule has 0 fully saturated rings. The van der Waals surface area contributed by atoms with Crippen LogP contribution in [0.25, 0.3) is 11.0 Å². The molecule has 8 heteroatoms. The summed E-state index contributed by atoms with van der Waals surface area (Å²) in [6, 6.07) is 7.23. The summed E-state index contributed by atoms with van der Waals surface area (Å²) in [5.41, 5.74) is -0.849. The highest BCUT2D eigenvalue weighted by Gasteiger charge is 2.17. The molecule has 0 saturated carbocycles. The summed E-state index contributed by atoms with van der Waals surface area (Å²) in [7, 11) is 0. The van der Waals surface area contributed by atoms with Crippen LogP contribution in [0.4, 0.5) is 4.79 Å². The van der Waals surface area contributed by atoms with Gasteiger partial charge in [0.15, 0.2) is 6.61 Å². The van der Waals surface area contributed by atoms with E-state index >= 15 is 0 Å². The Balaban J connectivity index is 1.96. The Morgan fingerprint density at radius 3 is 2.68 bits per heavy atom. The number of urea groups is 1. The highest BCUT2D eigenvalue weighted by molar-refractivity contribution is 5.97. The number of hydrogen-bond donors (Lipinski definition) is 2. The predicted octanol–water partition coefficient (Wildman–Crippen LogP) is 1.57. The largest absolute Gasteiger partial charge is 0.452 e. The molecule has 0 saturated heterocycles. The summed E-state index contributed by atoms with van der Waals surface area (Å²) in [4.78, 5) is 46.9. The average molecular weight is 346 g/mol. The molecule has 1 atom stereocenters. The summed E-state index contributed by atoms with van der Waals surface area (Å²) in [6.07, 6.45) is 0.703. The zero-order valence-corrected chi connectivity index (χ0v) is 13.8. The molecule has 0 spiro atoms. The lowest BCUT2D eigenvalue weighted by Gasteiger charge is -2.11. The van der Waals surface area contributed by atoms with Crippen molar-refractivity contribution in [1.29, 1.82) is 0 Å². The quantitative estimate of drug-likeness (QED) is 0.627. The molecule has 1 heterocycles. The number of amides is 3. The van der Waals surface area contributed by atoms with Crippen LogP contribution in [0.2, 0.25) is 0 Å². The van der Waals surface area contributed by atoms with Crippen LogP contribution in [-0.2, 0) is 9.53 Å². The lowest BCUT2D eigenvalue weighted by Crippen LogP contribution is -2.44. The van der Waals surface area contributed by atoms with E-state index in [-0.39, 0.29) is 11.6 Å². The summed E-state index contributed by atoms with van der Waals surface area (Å²) in [5, 5.41) is 5.11. The van der Waals surface area contributed by atoms with Crippen molar-refractivity contribution in [3.63, 3.8) is 0 Å². The predicted molar refractivity (Wildman–Crippen MR) is 89.2 cm³/mol. The van der Waals surface area contributed by atoms with E-state index in [0.29, 0.717) is 17.4 Å². The molecule has 0 bridgehead atoms. The van der Waals surface area contributed by atoms with Crippen molar-refractivity contribution in [2.24, 2.45) is 0 Å². The van der Waals surface area contributed by atoms with Gasteiger partial charge < -0.3 is 14.5 Å². The van der Waals surface area contributed by atoms with Crippen LogP contribution in [0.15, 0.2) is 39.5 Å². The fourth-order valence-electron chi connectivity index (χ4n) is 1.94. The Morgan fingerprint density at radius 1 is 1.24 bits per heavy atom. The number of benzene rings is 1. The third-order valence-corrected chi connectivity index (χ3v) is 3.44. The Labute approximate surface area is 143 Å². The number of imide groups is 1. The van der Waals surface area contributed by atoms with Crippen molar-refractivity contribution in [1.82, 2.24) is 10.6 Å². The van der Waals surface area contributed by atoms with Gasteiger partial charge in [0.1, 0.15) is 11.1 Å². The molecule has 25 heavy (non-hydrogen) atoms. The van der Waals surface area contributed by atoms with E-state index in [2.05, 4.69) is 5.32 Å². The van der Waals surface area contributed by atoms with Gasteiger partial charge in [0.05, 0.1) is 0 Å². The van der Waals surface area contributed by atoms with Gasteiger partial charge in [0, 0.05) is 11.4 Å². The van der Waals surface area contributed by atoms with Crippen LogP contribution in [0.3, 0.4) is 0 Å². The van der Waals surface area contributed by atoms with E-state index in [1.807, 2.05) is 12.2 Å². The lowest BCUT2D eigenvalue weighted by atomic mass is 10.2. The number of nitrogens with one attached hydrogen (secondary N) is 2. The van der Waals surface area contributed by atoms with Gasteiger partial charge in [0.25, 0.3) is 5.91 Å². The van der Waals surface area contributed by atoms with Crippen molar-refractivity contribution in [3.05, 3.63) is 46.3 Å². The first kappa shape index (κ1) is 18.2. The number of hydrogen-bond acceptors (Lipinski definition) is 6. The van der Waals surface area contributed by atoms with Crippen molar-refractivity contribution < 1.29 is 23.5 Å². The molecule has 132 valence electrons. The van der Waals surface area contributed by atoms with Gasteiger partial charge in [-0.3, -0.25) is 10.1 Å². The molecule has 2 aromatic rings. The summed E-state index contributed by atoms with van der Waals surface area (Å²) in [5.74, 6) is -1.81. The minimum absolute atomic E-state index is 0.0995. The minimum atomic E-state index is -1.00. The van der Waals surface area contributed by atoms with Gasteiger partial charge in [-0.1, -0.05) is 25.1 Å². The van der Waals surface area contributed by atoms with Crippen molar-refractivity contribution in [2.45, 2.75) is 26.3 Å². The molecular weight excluding hydrogens is 328 g/mol. The van der Waals surface area contributed by atoms with Gasteiger partial charge in [-0.2, -0.15) is 0 Å². The van der Waals surface area contributed by atoms with Gasteiger partial charge in [-0.05, 0) is 25.5 Å². The molecule has 0 radical (unpaired) electrons. The first-order valence-corrected chi connectivity index (χ1v) is 7.71. The zero-order chi connectivity index (χ0) is 18.4. The molecule has 0 aliphatic rings. The summed E-state index contributed by atoms with van der Waals surface area (Å²) >= 11 is 0. The highest BCUT2D eigenvalue weighted by Crippen LogP contribution is 2.13. The van der Waals surface area contributed by atoms with Crippen LogP contribution in [-0.4, -0.2) is 30.6 Å². The molecular formula is C17H18N2O6. The SMILES string of the molecule is CC[C@H](C)NC(=O)NC(=O)COC(=O)c1cc2ccccc2oc1=O. The fraction of sp³-hybridized carbons (Fsp3) is 0.294. The van der Waals surface area contributed by atoms with E-state index in [1.165, 1.54) is 6.07 Å². The van der Waals surface area contributed by atoms with Gasteiger partial charge >= 0.3 is 17.6 Å². The minimum Gasteiger partial charge on any atom is -0.452 e. The number of carbonyl (C=O) groups is 3. The van der Waals surface area contributed by atoms with Crippen LogP contribution in [0.1, 0.15) is 30.6 Å². The number of para-hydroxylation sites is 1. The van der Waals surface area contributed by atoms with Crippen LogP contribution >= 0.6 is 0 Å². The maximum absolute atomic E-state index is 12.0. The first-order chi connectivity index (χ1) is 11.9. The van der Waals surface area contributed by atoms with Crippen LogP contribution < -0.4 is 16.3 Å². The standard InChI is InChI=1S/C17H18N2O6/c1-3-10(2)18-17(23)19-14(20)9-24-15(21)12-8-11-6-4-5-7-13(11)25-16(12)22/h4-8,10H,3,9H2,1-2H3,(H2,18,19,20,23)/t10-/m0/s1. The molecule has 3 amide bonds. The number of fused-ring (bicyclic) bond motifs is 1. The lowest BCUT2D eigenvalue weighted by molar-refractivity contribution is -0.123. The van der Waals surface area contributed by atoms with Crippen molar-refractivity contribution in [3.8, 4) is 0 Å². The highest BCUT2D eigenvalue weighted by atomic mass is 16.5. The van der Waals surface area contributed by atoms with Gasteiger partial charge in [-0.15, -0.1) is 0 Å². The molecule has 2 rings (SSSR count). The maximum Gasteiger partial charge on any atom is 0.351 e. The molecule has 8 nitrogen and oxygen atoms in total. The smallest absolute Gasteiger partial charge is 0.351 e. The first-order valence-electron chi connectivity index (χ1n) is 7.71. The third kappa shape index (κ3) is 4.90. The number of rotatable bonds is 5. The van der Waals surface area contributed by atoms with E-state index in [0.717, 1.165) is 0 Å². The van der Waals surface area contributed by atoms with E-state index in [1.54, 1.807) is 31.2 Å². The van der Waals surface area contributed by atoms with Gasteiger partial charge in [-0.25, -0.2) is 14.4 Å². The molecule has 0 unspecified atom stereocenters. The van der Waals surface area contributed by atoms with Gasteiger partial charge in [0.2, 0.25) is 0 Å². The summed E-state index contributed by atoms with van der Waals surface area (Å²) in [6.45, 7) is 2.96. The Morgan fingerprint density at radius 2 is 1.96 bits per heavy atom. The van der Waals surface area contributed by atoms with E-state index < -0.39 is 30.1 Å². The molecule has 0 aliphatic heterocycles.